The predicted octanol–water partition coefficient (Wildman–Crippen LogP) is 1.84. The summed E-state index contributed by atoms with van der Waals surface area (Å²) in [5.41, 5.74) is 7.64. The summed E-state index contributed by atoms with van der Waals surface area (Å²) in [4.78, 5) is 23.7. The summed E-state index contributed by atoms with van der Waals surface area (Å²) in [5, 5.41) is 5.27. The Kier molecular flexibility index (Phi) is 7.87. The van der Waals surface area contributed by atoms with Crippen LogP contribution in [0.5, 0.6) is 0 Å². The summed E-state index contributed by atoms with van der Waals surface area (Å²) >= 11 is 0. The van der Waals surface area contributed by atoms with Crippen LogP contribution in [0.2, 0.25) is 0 Å². The van der Waals surface area contributed by atoms with Crippen molar-refractivity contribution < 1.29 is 9.59 Å². The molecule has 0 aliphatic rings. The Morgan fingerprint density at radius 3 is 2.55 bits per heavy atom. The van der Waals surface area contributed by atoms with Gasteiger partial charge >= 0.3 is 0 Å². The average molecular weight is 300 g/mol. The molecule has 0 saturated carbocycles. The number of halogens is 1. The number of carbonyl (C=O) groups excluding carboxylic acids is 2. The molecule has 2 amide bonds. The van der Waals surface area contributed by atoms with E-state index in [2.05, 4.69) is 10.6 Å². The van der Waals surface area contributed by atoms with E-state index in [1.54, 1.807) is 19.2 Å². The lowest BCUT2D eigenvalue weighted by Crippen LogP contribution is -2.36. The van der Waals surface area contributed by atoms with E-state index in [1.165, 1.54) is 0 Å². The SMILES string of the molecule is CCCC(N)C(=O)Nc1ccc(C)cc1C(=O)NC.Cl. The zero-order chi connectivity index (χ0) is 14.4. The van der Waals surface area contributed by atoms with Crippen LogP contribution in [0, 0.1) is 6.92 Å². The Balaban J connectivity index is 0.00000361. The van der Waals surface area contributed by atoms with Gasteiger partial charge in [-0.2, -0.15) is 0 Å². The van der Waals surface area contributed by atoms with E-state index in [9.17, 15) is 9.59 Å². The summed E-state index contributed by atoms with van der Waals surface area (Å²) < 4.78 is 0. The number of amides is 2. The molecule has 0 radical (unpaired) electrons. The molecule has 0 bridgehead atoms. The van der Waals surface area contributed by atoms with Crippen molar-refractivity contribution in [2.24, 2.45) is 5.73 Å². The van der Waals surface area contributed by atoms with Crippen LogP contribution in [0.3, 0.4) is 0 Å². The second-order valence-electron chi connectivity index (χ2n) is 4.51. The number of aryl methyl sites for hydroxylation is 1. The highest BCUT2D eigenvalue weighted by molar-refractivity contribution is 6.04. The van der Waals surface area contributed by atoms with Gasteiger partial charge < -0.3 is 16.4 Å². The van der Waals surface area contributed by atoms with Crippen molar-refractivity contribution in [3.8, 4) is 0 Å². The number of nitrogens with one attached hydrogen (secondary N) is 2. The first-order valence-corrected chi connectivity index (χ1v) is 6.38. The molecule has 0 heterocycles. The lowest BCUT2D eigenvalue weighted by molar-refractivity contribution is -0.117. The molecule has 1 aromatic rings. The maximum atomic E-state index is 11.9. The highest BCUT2D eigenvalue weighted by Gasteiger charge is 2.16. The summed E-state index contributed by atoms with van der Waals surface area (Å²) in [6.45, 7) is 3.86. The number of nitrogens with two attached hydrogens (primary N) is 1. The molecule has 1 rings (SSSR count). The minimum absolute atomic E-state index is 0. The highest BCUT2D eigenvalue weighted by atomic mass is 35.5. The Labute approximate surface area is 125 Å². The molecular formula is C14H22ClN3O2. The average Bonchev–Trinajstić information content (AvgIpc) is 2.40. The minimum Gasteiger partial charge on any atom is -0.355 e. The van der Waals surface area contributed by atoms with Gasteiger partial charge in [-0.25, -0.2) is 0 Å². The van der Waals surface area contributed by atoms with Gasteiger partial charge in [0, 0.05) is 7.05 Å². The summed E-state index contributed by atoms with van der Waals surface area (Å²) in [5.74, 6) is -0.501. The van der Waals surface area contributed by atoms with Crippen molar-refractivity contribution in [1.82, 2.24) is 5.32 Å². The Morgan fingerprint density at radius 1 is 1.35 bits per heavy atom. The molecule has 4 N–H and O–H groups in total. The maximum Gasteiger partial charge on any atom is 0.253 e. The van der Waals surface area contributed by atoms with Gasteiger partial charge in [0.1, 0.15) is 0 Å². The molecule has 1 aromatic carbocycles. The second-order valence-corrected chi connectivity index (χ2v) is 4.51. The highest BCUT2D eigenvalue weighted by Crippen LogP contribution is 2.17. The monoisotopic (exact) mass is 299 g/mol. The maximum absolute atomic E-state index is 11.9. The van der Waals surface area contributed by atoms with E-state index >= 15 is 0 Å². The summed E-state index contributed by atoms with van der Waals surface area (Å²) in [7, 11) is 1.55. The first kappa shape index (κ1) is 18.4. The molecule has 1 atom stereocenters. The van der Waals surface area contributed by atoms with Gasteiger partial charge in [0.25, 0.3) is 5.91 Å². The molecule has 0 spiro atoms. The molecule has 1 unspecified atom stereocenters. The van der Waals surface area contributed by atoms with Gasteiger partial charge in [0.15, 0.2) is 0 Å². The van der Waals surface area contributed by atoms with Crippen molar-refractivity contribution in [3.63, 3.8) is 0 Å². The van der Waals surface area contributed by atoms with Crippen molar-refractivity contribution in [2.45, 2.75) is 32.7 Å². The van der Waals surface area contributed by atoms with Crippen LogP contribution in [0.1, 0.15) is 35.7 Å². The minimum atomic E-state index is -0.552. The molecule has 20 heavy (non-hydrogen) atoms. The number of benzene rings is 1. The third kappa shape index (κ3) is 4.83. The fourth-order valence-corrected chi connectivity index (χ4v) is 1.76. The molecule has 112 valence electrons. The van der Waals surface area contributed by atoms with Crippen molar-refractivity contribution in [2.75, 3.05) is 12.4 Å². The van der Waals surface area contributed by atoms with Crippen LogP contribution < -0.4 is 16.4 Å². The van der Waals surface area contributed by atoms with Crippen molar-refractivity contribution in [1.29, 1.82) is 0 Å². The number of hydrogen-bond acceptors (Lipinski definition) is 3. The van der Waals surface area contributed by atoms with Crippen LogP contribution in [-0.2, 0) is 4.79 Å². The van der Waals surface area contributed by atoms with Crippen LogP contribution >= 0.6 is 12.4 Å². The predicted molar refractivity (Wildman–Crippen MR) is 83.3 cm³/mol. The largest absolute Gasteiger partial charge is 0.355 e. The molecule has 6 heteroatoms. The number of hydrogen-bond donors (Lipinski definition) is 3. The van der Waals surface area contributed by atoms with Crippen LogP contribution in [0.4, 0.5) is 5.69 Å². The van der Waals surface area contributed by atoms with E-state index < -0.39 is 6.04 Å². The first-order valence-electron chi connectivity index (χ1n) is 6.38. The molecule has 0 aromatic heterocycles. The molecular weight excluding hydrogens is 278 g/mol. The number of anilines is 1. The summed E-state index contributed by atoms with van der Waals surface area (Å²) in [6, 6.07) is 4.74. The Hall–Kier alpha value is -1.59. The van der Waals surface area contributed by atoms with E-state index in [0.29, 0.717) is 17.7 Å². The molecule has 0 aliphatic carbocycles. The fraction of sp³-hybridized carbons (Fsp3) is 0.429. The zero-order valence-electron chi connectivity index (χ0n) is 12.0. The van der Waals surface area contributed by atoms with E-state index in [4.69, 9.17) is 5.73 Å². The van der Waals surface area contributed by atoms with Crippen molar-refractivity contribution >= 4 is 29.9 Å². The first-order chi connectivity index (χ1) is 8.99. The molecule has 0 aliphatic heterocycles. The van der Waals surface area contributed by atoms with Crippen LogP contribution in [0.15, 0.2) is 18.2 Å². The van der Waals surface area contributed by atoms with Crippen LogP contribution in [0.25, 0.3) is 0 Å². The number of rotatable bonds is 5. The Morgan fingerprint density at radius 2 is 2.00 bits per heavy atom. The summed E-state index contributed by atoms with van der Waals surface area (Å²) in [6.07, 6.45) is 1.46. The van der Waals surface area contributed by atoms with Crippen LogP contribution in [-0.4, -0.2) is 24.9 Å². The van der Waals surface area contributed by atoms with Gasteiger partial charge in [0.05, 0.1) is 17.3 Å². The third-order valence-corrected chi connectivity index (χ3v) is 2.84. The second kappa shape index (κ2) is 8.55. The van der Waals surface area contributed by atoms with Crippen molar-refractivity contribution in [3.05, 3.63) is 29.3 Å². The van der Waals surface area contributed by atoms with Gasteiger partial charge in [0.2, 0.25) is 5.91 Å². The van der Waals surface area contributed by atoms with E-state index in [-0.39, 0.29) is 24.2 Å². The normalized spacial score (nSPS) is 11.2. The molecule has 0 fully saturated rings. The van der Waals surface area contributed by atoms with Gasteiger partial charge in [-0.1, -0.05) is 25.0 Å². The molecule has 0 saturated heterocycles. The fourth-order valence-electron chi connectivity index (χ4n) is 1.76. The number of carbonyl (C=O) groups is 2. The lowest BCUT2D eigenvalue weighted by atomic mass is 10.1. The van der Waals surface area contributed by atoms with Gasteiger partial charge in [-0.3, -0.25) is 9.59 Å². The lowest BCUT2D eigenvalue weighted by Gasteiger charge is -2.14. The molecule has 5 nitrogen and oxygen atoms in total. The van der Waals surface area contributed by atoms with Gasteiger partial charge in [-0.15, -0.1) is 12.4 Å². The standard InChI is InChI=1S/C14H21N3O2.ClH/c1-4-5-11(15)14(19)17-12-7-6-9(2)8-10(12)13(18)16-3;/h6-8,11H,4-5,15H2,1-3H3,(H,16,18)(H,17,19);1H. The van der Waals surface area contributed by atoms with E-state index in [0.717, 1.165) is 12.0 Å². The topological polar surface area (TPSA) is 84.2 Å². The zero-order valence-corrected chi connectivity index (χ0v) is 12.8. The quantitative estimate of drug-likeness (QED) is 0.775. The van der Waals surface area contributed by atoms with Gasteiger partial charge in [-0.05, 0) is 25.5 Å². The Bertz CT molecular complexity index is 477. The smallest absolute Gasteiger partial charge is 0.253 e. The van der Waals surface area contributed by atoms with E-state index in [1.807, 2.05) is 19.9 Å². The third-order valence-electron chi connectivity index (χ3n) is 2.84.